The Labute approximate surface area is 144 Å². The van der Waals surface area contributed by atoms with E-state index in [1.807, 2.05) is 0 Å². The Kier molecular flexibility index (Phi) is 6.62. The molecule has 0 fully saturated rings. The van der Waals surface area contributed by atoms with Crippen LogP contribution in [-0.4, -0.2) is 12.3 Å². The molecular formula is C16H23INPS. The zero-order valence-corrected chi connectivity index (χ0v) is 16.6. The molecule has 1 aromatic heterocycles. The molecule has 1 aromatic carbocycles. The van der Waals surface area contributed by atoms with Crippen molar-refractivity contribution >= 4 is 34.1 Å². The fraction of sp³-hybridized carbons (Fsp3) is 0.438. The first-order valence-electron chi connectivity index (χ1n) is 7.07. The second-order valence-electron chi connectivity index (χ2n) is 5.01. The highest BCUT2D eigenvalue weighted by Gasteiger charge is 2.18. The van der Waals surface area contributed by atoms with Crippen molar-refractivity contribution in [3.05, 3.63) is 36.0 Å². The molecule has 0 unspecified atom stereocenters. The van der Waals surface area contributed by atoms with E-state index in [0.29, 0.717) is 0 Å². The lowest BCUT2D eigenvalue weighted by molar-refractivity contribution is -0.667. The zero-order valence-electron chi connectivity index (χ0n) is 12.7. The Hall–Kier alpha value is 0.01000. The van der Waals surface area contributed by atoms with E-state index in [1.165, 1.54) is 21.8 Å². The largest absolute Gasteiger partial charge is 1.00 e. The van der Waals surface area contributed by atoms with Crippen LogP contribution < -0.4 is 33.8 Å². The molecule has 0 saturated carbocycles. The molecule has 0 radical (unpaired) electrons. The minimum Gasteiger partial charge on any atom is -1.00 e. The number of pyridine rings is 1. The number of hydrogen-bond acceptors (Lipinski definition) is 1. The van der Waals surface area contributed by atoms with Crippen LogP contribution in [0, 0.1) is 6.92 Å². The summed E-state index contributed by atoms with van der Waals surface area (Å²) in [5.41, 5.74) is 2.66. The predicted molar refractivity (Wildman–Crippen MR) is 89.6 cm³/mol. The van der Waals surface area contributed by atoms with Gasteiger partial charge in [0.1, 0.15) is 6.54 Å². The van der Waals surface area contributed by atoms with Gasteiger partial charge in [-0.25, -0.2) is 0 Å². The van der Waals surface area contributed by atoms with Crippen LogP contribution in [0.25, 0.3) is 10.9 Å². The summed E-state index contributed by atoms with van der Waals surface area (Å²) < 4.78 is 2.30. The maximum Gasteiger partial charge on any atom is 0.212 e. The average molecular weight is 419 g/mol. The molecule has 0 bridgehead atoms. The van der Waals surface area contributed by atoms with Gasteiger partial charge in [-0.15, -0.1) is 0 Å². The summed E-state index contributed by atoms with van der Waals surface area (Å²) in [4.78, 5) is 0. The SMILES string of the molecule is CC[n+]1ccc(C)c2cc(P(=S)(CC)CC)ccc21.[I-]. The number of fused-ring (bicyclic) bond motifs is 1. The van der Waals surface area contributed by atoms with Crippen molar-refractivity contribution < 1.29 is 28.5 Å². The predicted octanol–water partition coefficient (Wildman–Crippen LogP) is 0.604. The quantitative estimate of drug-likeness (QED) is 0.399. The van der Waals surface area contributed by atoms with Gasteiger partial charge in [-0.2, -0.15) is 4.57 Å². The number of hydrogen-bond donors (Lipinski definition) is 0. The number of benzene rings is 1. The number of rotatable bonds is 4. The summed E-state index contributed by atoms with van der Waals surface area (Å²) >= 11 is 5.94. The van der Waals surface area contributed by atoms with E-state index in [2.05, 4.69) is 62.7 Å². The van der Waals surface area contributed by atoms with Crippen molar-refractivity contribution in [1.82, 2.24) is 0 Å². The molecule has 20 heavy (non-hydrogen) atoms. The molecule has 0 aliphatic rings. The number of halogens is 1. The van der Waals surface area contributed by atoms with Crippen LogP contribution in [0.1, 0.15) is 26.3 Å². The van der Waals surface area contributed by atoms with Crippen molar-refractivity contribution in [2.45, 2.75) is 34.2 Å². The third-order valence-electron chi connectivity index (χ3n) is 4.05. The van der Waals surface area contributed by atoms with Gasteiger partial charge in [0.25, 0.3) is 0 Å². The number of aryl methyl sites for hydroxylation is 2. The Morgan fingerprint density at radius 1 is 1.10 bits per heavy atom. The number of aromatic nitrogens is 1. The van der Waals surface area contributed by atoms with E-state index in [4.69, 9.17) is 11.8 Å². The molecule has 4 heteroatoms. The van der Waals surface area contributed by atoms with Gasteiger partial charge < -0.3 is 24.0 Å². The van der Waals surface area contributed by atoms with Crippen LogP contribution >= 0.6 is 6.04 Å². The first kappa shape index (κ1) is 18.1. The van der Waals surface area contributed by atoms with Crippen molar-refractivity contribution in [3.8, 4) is 0 Å². The molecule has 0 N–H and O–H groups in total. The van der Waals surface area contributed by atoms with Crippen LogP contribution in [0.3, 0.4) is 0 Å². The van der Waals surface area contributed by atoms with Crippen LogP contribution in [0.5, 0.6) is 0 Å². The Bertz CT molecular complexity index is 646. The van der Waals surface area contributed by atoms with Crippen LogP contribution in [0.4, 0.5) is 0 Å². The normalized spacial score (nSPS) is 11.4. The van der Waals surface area contributed by atoms with E-state index in [9.17, 15) is 0 Å². The molecule has 2 aromatic rings. The fourth-order valence-electron chi connectivity index (χ4n) is 2.58. The zero-order chi connectivity index (χ0) is 14.0. The van der Waals surface area contributed by atoms with Crippen LogP contribution in [-0.2, 0) is 18.4 Å². The van der Waals surface area contributed by atoms with Gasteiger partial charge in [0.2, 0.25) is 5.52 Å². The maximum atomic E-state index is 5.94. The minimum absolute atomic E-state index is 0. The molecule has 2 rings (SSSR count). The molecular weight excluding hydrogens is 396 g/mol. The van der Waals surface area contributed by atoms with Crippen LogP contribution in [0.2, 0.25) is 0 Å². The summed E-state index contributed by atoms with van der Waals surface area (Å²) in [6.45, 7) is 9.85. The number of nitrogens with zero attached hydrogens (tertiary/aromatic N) is 1. The molecule has 0 aliphatic heterocycles. The van der Waals surface area contributed by atoms with E-state index in [1.54, 1.807) is 0 Å². The first-order valence-corrected chi connectivity index (χ1v) is 10.2. The molecule has 0 spiro atoms. The third-order valence-corrected chi connectivity index (χ3v) is 9.50. The van der Waals surface area contributed by atoms with E-state index < -0.39 is 6.04 Å². The highest BCUT2D eigenvalue weighted by atomic mass is 127. The van der Waals surface area contributed by atoms with Crippen LogP contribution in [0.15, 0.2) is 30.5 Å². The molecule has 0 amide bonds. The summed E-state index contributed by atoms with van der Waals surface area (Å²) in [7, 11) is 0. The van der Waals surface area contributed by atoms with Crippen molar-refractivity contribution in [3.63, 3.8) is 0 Å². The molecule has 110 valence electrons. The lowest BCUT2D eigenvalue weighted by atomic mass is 10.1. The first-order chi connectivity index (χ1) is 9.05. The Morgan fingerprint density at radius 2 is 1.75 bits per heavy atom. The van der Waals surface area contributed by atoms with Gasteiger partial charge in [0.15, 0.2) is 6.20 Å². The van der Waals surface area contributed by atoms with E-state index in [0.717, 1.165) is 18.9 Å². The second-order valence-corrected chi connectivity index (χ2v) is 10.7. The topological polar surface area (TPSA) is 3.88 Å². The van der Waals surface area contributed by atoms with E-state index >= 15 is 0 Å². The third kappa shape index (κ3) is 3.26. The molecule has 0 aliphatic carbocycles. The molecule has 1 heterocycles. The van der Waals surface area contributed by atoms with Gasteiger partial charge in [-0.05, 0) is 55.2 Å². The van der Waals surface area contributed by atoms with Gasteiger partial charge in [-0.1, -0.05) is 25.7 Å². The van der Waals surface area contributed by atoms with Gasteiger partial charge >= 0.3 is 0 Å². The molecule has 1 nitrogen and oxygen atoms in total. The highest BCUT2D eigenvalue weighted by molar-refractivity contribution is 8.18. The van der Waals surface area contributed by atoms with Gasteiger partial charge in [-0.3, -0.25) is 0 Å². The summed E-state index contributed by atoms with van der Waals surface area (Å²) in [6, 6.07) is 7.72. The fourth-order valence-corrected chi connectivity index (χ4v) is 4.81. The van der Waals surface area contributed by atoms with Gasteiger partial charge in [0, 0.05) is 17.5 Å². The van der Waals surface area contributed by atoms with Crippen molar-refractivity contribution in [2.75, 3.05) is 12.3 Å². The molecule has 0 saturated heterocycles. The standard InChI is InChI=1S/C16H23NPS.HI/c1-5-17-11-10-13(4)15-12-14(8-9-16(15)17)18(19,6-2)7-3;/h8-12H,5-7H2,1-4H3;1H/q+1;/p-1. The second kappa shape index (κ2) is 7.33. The van der Waals surface area contributed by atoms with Crippen molar-refractivity contribution in [2.24, 2.45) is 0 Å². The van der Waals surface area contributed by atoms with E-state index in [-0.39, 0.29) is 24.0 Å². The average Bonchev–Trinajstić information content (AvgIpc) is 2.46. The molecule has 0 atom stereocenters. The highest BCUT2D eigenvalue weighted by Crippen LogP contribution is 2.44. The minimum atomic E-state index is -1.36. The smallest absolute Gasteiger partial charge is 0.212 e. The van der Waals surface area contributed by atoms with Crippen molar-refractivity contribution in [1.29, 1.82) is 0 Å². The van der Waals surface area contributed by atoms with Gasteiger partial charge in [0.05, 0.1) is 0 Å². The summed E-state index contributed by atoms with van der Waals surface area (Å²) in [5.74, 6) is 0. The summed E-state index contributed by atoms with van der Waals surface area (Å²) in [6.07, 6.45) is 4.40. The maximum absolute atomic E-state index is 5.94. The lowest BCUT2D eigenvalue weighted by Crippen LogP contribution is -3.00. The lowest BCUT2D eigenvalue weighted by Gasteiger charge is -2.19. The summed E-state index contributed by atoms with van der Waals surface area (Å²) in [5, 5.41) is 2.76. The monoisotopic (exact) mass is 419 g/mol. The Morgan fingerprint density at radius 3 is 2.30 bits per heavy atom. The Balaban J connectivity index is 0.00000200.